The van der Waals surface area contributed by atoms with Crippen molar-refractivity contribution in [1.82, 2.24) is 0 Å². The van der Waals surface area contributed by atoms with Gasteiger partial charge in [0.25, 0.3) is 0 Å². The summed E-state index contributed by atoms with van der Waals surface area (Å²) in [6.45, 7) is 21.8. The van der Waals surface area contributed by atoms with Crippen molar-refractivity contribution in [2.45, 2.75) is 109 Å². The monoisotopic (exact) mass is 524 g/mol. The molecule has 1 aliphatic heterocycles. The van der Waals surface area contributed by atoms with E-state index in [1.165, 1.54) is 0 Å². The van der Waals surface area contributed by atoms with Gasteiger partial charge in [-0.1, -0.05) is 108 Å². The third kappa shape index (κ3) is 7.21. The Morgan fingerprint density at radius 2 is 1.41 bits per heavy atom. The summed E-state index contributed by atoms with van der Waals surface area (Å²) in [4.78, 5) is 0. The van der Waals surface area contributed by atoms with Gasteiger partial charge in [-0.25, -0.2) is 0 Å². The van der Waals surface area contributed by atoms with Crippen LogP contribution in [-0.2, 0) is 31.9 Å². The van der Waals surface area contributed by atoms with Gasteiger partial charge < -0.3 is 18.6 Å². The molecule has 1 saturated heterocycles. The van der Waals surface area contributed by atoms with E-state index in [1.54, 1.807) is 0 Å². The van der Waals surface area contributed by atoms with Gasteiger partial charge >= 0.3 is 0 Å². The van der Waals surface area contributed by atoms with E-state index in [0.717, 1.165) is 17.5 Å². The number of hydrogen-bond donors (Lipinski definition) is 0. The molecule has 0 unspecified atom stereocenters. The van der Waals surface area contributed by atoms with Gasteiger partial charge in [0.05, 0.1) is 32.0 Å². The highest BCUT2D eigenvalue weighted by atomic mass is 28.4. The molecule has 2 aromatic rings. The zero-order valence-corrected chi connectivity index (χ0v) is 25.0. The summed E-state index contributed by atoms with van der Waals surface area (Å²) in [6, 6.07) is 20.6. The van der Waals surface area contributed by atoms with Gasteiger partial charge in [0.2, 0.25) is 8.32 Å². The van der Waals surface area contributed by atoms with Crippen molar-refractivity contribution in [2.24, 2.45) is 0 Å². The third-order valence-corrected chi connectivity index (χ3v) is 14.2. The highest BCUT2D eigenvalue weighted by molar-refractivity contribution is 6.77. The molecule has 204 valence electrons. The Balaban J connectivity index is 1.83. The molecule has 0 amide bonds. The standard InChI is InChI=1S/C32H48O4Si/c1-9-32(8)31(36-37(24(2)3,25(4)5)26(6)7)20-29(34-22-28-18-14-11-15-19-28)30(35-32)23-33-21-27-16-12-10-13-17-27/h9-19,24-26,29-31H,1,20-23H2,2-8H3/t29-,30+,31+,32-/m0/s1. The fourth-order valence-electron chi connectivity index (χ4n) is 6.04. The maximum atomic E-state index is 7.30. The van der Waals surface area contributed by atoms with Crippen LogP contribution in [0.1, 0.15) is 66.0 Å². The van der Waals surface area contributed by atoms with Crippen molar-refractivity contribution in [3.63, 3.8) is 0 Å². The van der Waals surface area contributed by atoms with E-state index in [0.29, 0.717) is 36.4 Å². The van der Waals surface area contributed by atoms with Crippen molar-refractivity contribution < 1.29 is 18.6 Å². The number of hydrogen-bond acceptors (Lipinski definition) is 4. The lowest BCUT2D eigenvalue weighted by molar-refractivity contribution is -0.222. The molecular formula is C32H48O4Si. The van der Waals surface area contributed by atoms with Crippen LogP contribution in [0, 0.1) is 0 Å². The minimum absolute atomic E-state index is 0.130. The fraction of sp³-hybridized carbons (Fsp3) is 0.562. The lowest BCUT2D eigenvalue weighted by Crippen LogP contribution is -2.61. The third-order valence-electron chi connectivity index (χ3n) is 8.07. The van der Waals surface area contributed by atoms with Gasteiger partial charge in [-0.05, 0) is 34.7 Å². The van der Waals surface area contributed by atoms with Crippen molar-refractivity contribution in [3.8, 4) is 0 Å². The summed E-state index contributed by atoms with van der Waals surface area (Å²) < 4.78 is 26.8. The number of ether oxygens (including phenoxy) is 3. The zero-order valence-electron chi connectivity index (χ0n) is 24.0. The second-order valence-electron chi connectivity index (χ2n) is 11.5. The molecule has 1 heterocycles. The molecular weight excluding hydrogens is 476 g/mol. The fourth-order valence-corrected chi connectivity index (χ4v) is 11.7. The Morgan fingerprint density at radius 1 is 0.892 bits per heavy atom. The highest BCUT2D eigenvalue weighted by Crippen LogP contribution is 2.46. The summed E-state index contributed by atoms with van der Waals surface area (Å²) in [5, 5.41) is 0. The number of benzene rings is 2. The predicted octanol–water partition coefficient (Wildman–Crippen LogP) is 8.08. The summed E-state index contributed by atoms with van der Waals surface area (Å²) in [6.07, 6.45) is 2.18. The Morgan fingerprint density at radius 3 is 1.89 bits per heavy atom. The molecule has 0 bridgehead atoms. The van der Waals surface area contributed by atoms with E-state index < -0.39 is 13.9 Å². The SMILES string of the molecule is C=C[C@]1(C)O[C@H](COCc2ccccc2)[C@@H](OCc2ccccc2)C[C@H]1O[Si](C(C)C)(C(C)C)C(C)C. The molecule has 0 saturated carbocycles. The molecule has 1 fully saturated rings. The second-order valence-corrected chi connectivity index (χ2v) is 16.9. The van der Waals surface area contributed by atoms with Crippen LogP contribution >= 0.6 is 0 Å². The lowest BCUT2D eigenvalue weighted by Gasteiger charge is -2.52. The average Bonchev–Trinajstić information content (AvgIpc) is 2.88. The Labute approximate surface area is 226 Å². The van der Waals surface area contributed by atoms with Gasteiger partial charge in [0, 0.05) is 6.42 Å². The van der Waals surface area contributed by atoms with Gasteiger partial charge in [0.15, 0.2) is 0 Å². The molecule has 0 aromatic heterocycles. The quantitative estimate of drug-likeness (QED) is 0.196. The van der Waals surface area contributed by atoms with E-state index in [2.05, 4.69) is 79.3 Å². The molecule has 5 heteroatoms. The summed E-state index contributed by atoms with van der Waals surface area (Å²) in [7, 11) is -2.14. The Hall–Kier alpha value is -1.76. The normalized spacial score (nSPS) is 24.6. The summed E-state index contributed by atoms with van der Waals surface area (Å²) >= 11 is 0. The lowest BCUT2D eigenvalue weighted by atomic mass is 9.88. The largest absolute Gasteiger partial charge is 0.410 e. The summed E-state index contributed by atoms with van der Waals surface area (Å²) in [5.74, 6) is 0. The molecule has 4 atom stereocenters. The van der Waals surface area contributed by atoms with Crippen LogP contribution in [0.25, 0.3) is 0 Å². The highest BCUT2D eigenvalue weighted by Gasteiger charge is 2.53. The minimum atomic E-state index is -2.14. The van der Waals surface area contributed by atoms with Gasteiger partial charge in [0.1, 0.15) is 11.7 Å². The first-order valence-electron chi connectivity index (χ1n) is 13.9. The predicted molar refractivity (Wildman–Crippen MR) is 155 cm³/mol. The van der Waals surface area contributed by atoms with E-state index in [9.17, 15) is 0 Å². The van der Waals surface area contributed by atoms with Crippen molar-refractivity contribution in [1.29, 1.82) is 0 Å². The van der Waals surface area contributed by atoms with E-state index in [4.69, 9.17) is 18.6 Å². The molecule has 37 heavy (non-hydrogen) atoms. The van der Waals surface area contributed by atoms with Crippen LogP contribution in [-0.4, -0.2) is 38.8 Å². The van der Waals surface area contributed by atoms with Crippen LogP contribution in [0.3, 0.4) is 0 Å². The first-order valence-corrected chi connectivity index (χ1v) is 16.0. The topological polar surface area (TPSA) is 36.9 Å². The van der Waals surface area contributed by atoms with Crippen LogP contribution in [0.2, 0.25) is 16.6 Å². The first kappa shape index (κ1) is 29.8. The molecule has 4 nitrogen and oxygen atoms in total. The van der Waals surface area contributed by atoms with E-state index >= 15 is 0 Å². The smallest absolute Gasteiger partial charge is 0.200 e. The molecule has 0 N–H and O–H groups in total. The van der Waals surface area contributed by atoms with Gasteiger partial charge in [-0.15, -0.1) is 6.58 Å². The summed E-state index contributed by atoms with van der Waals surface area (Å²) in [5.41, 5.74) is 3.13. The van der Waals surface area contributed by atoms with Crippen molar-refractivity contribution in [2.75, 3.05) is 6.61 Å². The van der Waals surface area contributed by atoms with Crippen molar-refractivity contribution >= 4 is 8.32 Å². The van der Waals surface area contributed by atoms with Gasteiger partial charge in [-0.3, -0.25) is 0 Å². The molecule has 0 radical (unpaired) electrons. The zero-order chi connectivity index (χ0) is 27.1. The average molecular weight is 525 g/mol. The molecule has 3 rings (SSSR count). The van der Waals surface area contributed by atoms with Gasteiger partial charge in [-0.2, -0.15) is 0 Å². The van der Waals surface area contributed by atoms with Crippen molar-refractivity contribution in [3.05, 3.63) is 84.4 Å². The van der Waals surface area contributed by atoms with Crippen LogP contribution in [0.5, 0.6) is 0 Å². The molecule has 0 aliphatic carbocycles. The van der Waals surface area contributed by atoms with E-state index in [1.807, 2.05) is 42.5 Å². The first-order chi connectivity index (χ1) is 17.6. The number of rotatable bonds is 13. The Kier molecular flexibility index (Phi) is 10.7. The van der Waals surface area contributed by atoms with E-state index in [-0.39, 0.29) is 18.3 Å². The Bertz CT molecular complexity index is 924. The maximum absolute atomic E-state index is 7.30. The maximum Gasteiger partial charge on any atom is 0.200 e. The second kappa shape index (κ2) is 13.3. The van der Waals surface area contributed by atoms with Crippen LogP contribution in [0.15, 0.2) is 73.3 Å². The van der Waals surface area contributed by atoms with Crippen LogP contribution < -0.4 is 0 Å². The molecule has 2 aromatic carbocycles. The van der Waals surface area contributed by atoms with Crippen LogP contribution in [0.4, 0.5) is 0 Å². The molecule has 0 spiro atoms. The minimum Gasteiger partial charge on any atom is -0.410 e. The molecule has 1 aliphatic rings.